The van der Waals surface area contributed by atoms with Crippen LogP contribution < -0.4 is 5.32 Å². The fraction of sp³-hybridized carbons (Fsp3) is 0.462. The Bertz CT molecular complexity index is 811. The molecule has 0 spiro atoms. The molecule has 30 heavy (non-hydrogen) atoms. The molecule has 0 bridgehead atoms. The zero-order valence-corrected chi connectivity index (χ0v) is 18.3. The summed E-state index contributed by atoms with van der Waals surface area (Å²) in [6, 6.07) is 18.1. The molecule has 1 fully saturated rings. The average molecular weight is 407 g/mol. The Morgan fingerprint density at radius 3 is 2.30 bits per heavy atom. The molecule has 1 aliphatic carbocycles. The minimum Gasteiger partial charge on any atom is -0.352 e. The van der Waals surface area contributed by atoms with Gasteiger partial charge in [-0.3, -0.25) is 9.59 Å². The molecule has 1 aliphatic rings. The first-order valence-electron chi connectivity index (χ1n) is 11.3. The van der Waals surface area contributed by atoms with Gasteiger partial charge in [0.1, 0.15) is 6.04 Å². The Labute approximate surface area is 180 Å². The SMILES string of the molecule is CC[C@@H](C(=O)NC1CCCC1)N(Cc1ccc(C)cc1)C(=O)CCc1ccccc1. The molecule has 1 saturated carbocycles. The van der Waals surface area contributed by atoms with Gasteiger partial charge in [-0.15, -0.1) is 0 Å². The number of benzene rings is 2. The molecule has 3 rings (SSSR count). The van der Waals surface area contributed by atoms with Crippen LogP contribution in [0.1, 0.15) is 62.1 Å². The van der Waals surface area contributed by atoms with Gasteiger partial charge in [-0.2, -0.15) is 0 Å². The highest BCUT2D eigenvalue weighted by Crippen LogP contribution is 2.20. The van der Waals surface area contributed by atoms with E-state index in [-0.39, 0.29) is 17.9 Å². The Morgan fingerprint density at radius 1 is 1.00 bits per heavy atom. The molecule has 0 saturated heterocycles. The number of aryl methyl sites for hydroxylation is 2. The van der Waals surface area contributed by atoms with Crippen LogP contribution in [0.5, 0.6) is 0 Å². The Morgan fingerprint density at radius 2 is 1.67 bits per heavy atom. The second-order valence-electron chi connectivity index (χ2n) is 8.41. The van der Waals surface area contributed by atoms with Crippen LogP contribution in [0.3, 0.4) is 0 Å². The van der Waals surface area contributed by atoms with Crippen molar-refractivity contribution in [3.8, 4) is 0 Å². The minimum atomic E-state index is -0.435. The summed E-state index contributed by atoms with van der Waals surface area (Å²) in [6.45, 7) is 4.51. The Balaban J connectivity index is 1.74. The van der Waals surface area contributed by atoms with Crippen LogP contribution in [0.2, 0.25) is 0 Å². The largest absolute Gasteiger partial charge is 0.352 e. The van der Waals surface area contributed by atoms with E-state index in [4.69, 9.17) is 0 Å². The molecule has 4 heteroatoms. The number of hydrogen-bond donors (Lipinski definition) is 1. The fourth-order valence-corrected chi connectivity index (χ4v) is 4.22. The molecule has 0 aromatic heterocycles. The van der Waals surface area contributed by atoms with E-state index >= 15 is 0 Å². The summed E-state index contributed by atoms with van der Waals surface area (Å²) in [6.07, 6.45) is 6.13. The lowest BCUT2D eigenvalue weighted by molar-refractivity contribution is -0.141. The van der Waals surface area contributed by atoms with Crippen molar-refractivity contribution < 1.29 is 9.59 Å². The standard InChI is InChI=1S/C26H34N2O2/c1-3-24(26(30)27-23-11-7-8-12-23)28(19-22-15-13-20(2)14-16-22)25(29)18-17-21-9-5-4-6-10-21/h4-6,9-10,13-16,23-24H,3,7-8,11-12,17-19H2,1-2H3,(H,27,30)/t24-/m0/s1. The van der Waals surface area contributed by atoms with Gasteiger partial charge in [0, 0.05) is 19.0 Å². The highest BCUT2D eigenvalue weighted by Gasteiger charge is 2.30. The summed E-state index contributed by atoms with van der Waals surface area (Å²) in [4.78, 5) is 28.2. The first-order chi connectivity index (χ1) is 14.6. The second kappa shape index (κ2) is 11.0. The molecule has 0 aliphatic heterocycles. The number of nitrogens with one attached hydrogen (secondary N) is 1. The van der Waals surface area contributed by atoms with E-state index in [1.807, 2.05) is 37.3 Å². The van der Waals surface area contributed by atoms with Crippen LogP contribution >= 0.6 is 0 Å². The summed E-state index contributed by atoms with van der Waals surface area (Å²) < 4.78 is 0. The maximum absolute atomic E-state index is 13.3. The van der Waals surface area contributed by atoms with Gasteiger partial charge in [0.05, 0.1) is 0 Å². The van der Waals surface area contributed by atoms with Crippen LogP contribution in [-0.2, 0) is 22.6 Å². The lowest BCUT2D eigenvalue weighted by Crippen LogP contribution is -2.51. The maximum Gasteiger partial charge on any atom is 0.243 e. The number of hydrogen-bond acceptors (Lipinski definition) is 2. The van der Waals surface area contributed by atoms with Gasteiger partial charge >= 0.3 is 0 Å². The molecule has 2 amide bonds. The summed E-state index contributed by atoms with van der Waals surface area (Å²) in [7, 11) is 0. The van der Waals surface area contributed by atoms with Gasteiger partial charge in [0.15, 0.2) is 0 Å². The molecule has 2 aromatic rings. The van der Waals surface area contributed by atoms with Crippen molar-refractivity contribution in [3.05, 3.63) is 71.3 Å². The highest BCUT2D eigenvalue weighted by atomic mass is 16.2. The number of carbonyl (C=O) groups excluding carboxylic acids is 2. The summed E-state index contributed by atoms with van der Waals surface area (Å²) in [5.41, 5.74) is 3.39. The van der Waals surface area contributed by atoms with Gasteiger partial charge < -0.3 is 10.2 Å². The van der Waals surface area contributed by atoms with Crippen LogP contribution in [0.25, 0.3) is 0 Å². The van der Waals surface area contributed by atoms with Gasteiger partial charge in [0.25, 0.3) is 0 Å². The van der Waals surface area contributed by atoms with Crippen molar-refractivity contribution in [2.75, 3.05) is 0 Å². The molecule has 4 nitrogen and oxygen atoms in total. The van der Waals surface area contributed by atoms with Crippen molar-refractivity contribution in [2.24, 2.45) is 0 Å². The normalized spacial score (nSPS) is 15.0. The minimum absolute atomic E-state index is 0.00965. The first kappa shape index (κ1) is 22.1. The Hall–Kier alpha value is -2.62. The molecular weight excluding hydrogens is 372 g/mol. The third-order valence-electron chi connectivity index (χ3n) is 6.03. The lowest BCUT2D eigenvalue weighted by Gasteiger charge is -2.31. The number of rotatable bonds is 9. The number of nitrogens with zero attached hydrogens (tertiary/aromatic N) is 1. The van der Waals surface area contributed by atoms with Crippen molar-refractivity contribution in [1.82, 2.24) is 10.2 Å². The lowest BCUT2D eigenvalue weighted by atomic mass is 10.1. The molecule has 1 N–H and O–H groups in total. The monoisotopic (exact) mass is 406 g/mol. The number of amides is 2. The summed E-state index contributed by atoms with van der Waals surface area (Å²) in [5.74, 6) is 0.0254. The van der Waals surface area contributed by atoms with E-state index in [9.17, 15) is 9.59 Å². The van der Waals surface area contributed by atoms with Crippen LogP contribution in [0.4, 0.5) is 0 Å². The predicted octanol–water partition coefficient (Wildman–Crippen LogP) is 4.79. The summed E-state index contributed by atoms with van der Waals surface area (Å²) >= 11 is 0. The quantitative estimate of drug-likeness (QED) is 0.651. The number of carbonyl (C=O) groups is 2. The molecule has 0 radical (unpaired) electrons. The van der Waals surface area contributed by atoms with E-state index in [0.29, 0.717) is 25.8 Å². The maximum atomic E-state index is 13.3. The van der Waals surface area contributed by atoms with Crippen molar-refractivity contribution in [1.29, 1.82) is 0 Å². The van der Waals surface area contributed by atoms with E-state index in [0.717, 1.165) is 24.0 Å². The van der Waals surface area contributed by atoms with Crippen molar-refractivity contribution in [2.45, 2.75) is 77.4 Å². The molecule has 1 atom stereocenters. The van der Waals surface area contributed by atoms with E-state index in [1.165, 1.54) is 18.4 Å². The molecule has 160 valence electrons. The first-order valence-corrected chi connectivity index (χ1v) is 11.3. The fourth-order valence-electron chi connectivity index (χ4n) is 4.22. The molecule has 0 heterocycles. The van der Waals surface area contributed by atoms with Gasteiger partial charge in [0.2, 0.25) is 11.8 Å². The smallest absolute Gasteiger partial charge is 0.243 e. The molecule has 0 unspecified atom stereocenters. The van der Waals surface area contributed by atoms with Crippen LogP contribution in [0, 0.1) is 6.92 Å². The second-order valence-corrected chi connectivity index (χ2v) is 8.41. The van der Waals surface area contributed by atoms with Crippen LogP contribution in [-0.4, -0.2) is 28.8 Å². The highest BCUT2D eigenvalue weighted by molar-refractivity contribution is 5.88. The van der Waals surface area contributed by atoms with E-state index < -0.39 is 6.04 Å². The van der Waals surface area contributed by atoms with E-state index in [1.54, 1.807) is 4.90 Å². The zero-order chi connectivity index (χ0) is 21.3. The van der Waals surface area contributed by atoms with Crippen molar-refractivity contribution in [3.63, 3.8) is 0 Å². The molecular formula is C26H34N2O2. The van der Waals surface area contributed by atoms with Gasteiger partial charge in [-0.25, -0.2) is 0 Å². The summed E-state index contributed by atoms with van der Waals surface area (Å²) in [5, 5.41) is 3.20. The van der Waals surface area contributed by atoms with Gasteiger partial charge in [-0.1, -0.05) is 79.9 Å². The third-order valence-corrected chi connectivity index (χ3v) is 6.03. The predicted molar refractivity (Wildman–Crippen MR) is 121 cm³/mol. The third kappa shape index (κ3) is 6.19. The van der Waals surface area contributed by atoms with Crippen molar-refractivity contribution >= 4 is 11.8 Å². The average Bonchev–Trinajstić information content (AvgIpc) is 3.27. The zero-order valence-electron chi connectivity index (χ0n) is 18.3. The molecule has 2 aromatic carbocycles. The van der Waals surface area contributed by atoms with Crippen LogP contribution in [0.15, 0.2) is 54.6 Å². The Kier molecular flexibility index (Phi) is 8.06. The van der Waals surface area contributed by atoms with Gasteiger partial charge in [-0.05, 0) is 43.7 Å². The van der Waals surface area contributed by atoms with E-state index in [2.05, 4.69) is 36.5 Å². The topological polar surface area (TPSA) is 49.4 Å².